The number of methoxy groups -OCH3 is 1. The molecule has 0 atom stereocenters. The van der Waals surface area contributed by atoms with Gasteiger partial charge in [0.2, 0.25) is 0 Å². The Morgan fingerprint density at radius 1 is 1.23 bits per heavy atom. The molecule has 0 saturated carbocycles. The summed E-state index contributed by atoms with van der Waals surface area (Å²) < 4.78 is 3.56. The highest BCUT2D eigenvalue weighted by atomic mass is 31.2. The van der Waals surface area contributed by atoms with E-state index in [1.54, 1.807) is 0 Å². The van der Waals surface area contributed by atoms with Crippen LogP contribution >= 0.6 is 7.26 Å². The molecule has 0 aromatic carbocycles. The highest BCUT2D eigenvalue weighted by Gasteiger charge is 2.22. The number of carbonyl (C=O) groups excluding carboxylic acids is 1. The zero-order chi connectivity index (χ0) is 10.9. The summed E-state index contributed by atoms with van der Waals surface area (Å²) in [5, 5.41) is 9.03. The van der Waals surface area contributed by atoms with Crippen LogP contribution in [0.15, 0.2) is 0 Å². The van der Waals surface area contributed by atoms with E-state index in [1.165, 1.54) is 18.5 Å². The number of hydrogen-bond acceptors (Lipinski definition) is 3. The Labute approximate surface area is 81.8 Å². The second-order valence-electron chi connectivity index (χ2n) is 3.02. The summed E-state index contributed by atoms with van der Waals surface area (Å²) in [4.78, 5) is 9.03. The molecule has 0 unspecified atom stereocenters. The molecular formula is C9H21O3P. The molecule has 0 rings (SSSR count). The monoisotopic (exact) mass is 208 g/mol. The van der Waals surface area contributed by atoms with Gasteiger partial charge < -0.3 is 14.6 Å². The van der Waals surface area contributed by atoms with Gasteiger partial charge in [-0.2, -0.15) is 0 Å². The molecule has 0 aromatic heterocycles. The van der Waals surface area contributed by atoms with Crippen LogP contribution in [0.3, 0.4) is 0 Å². The molecular weight excluding hydrogens is 187 g/mol. The van der Waals surface area contributed by atoms with Gasteiger partial charge in [0.05, 0.1) is 18.5 Å². The van der Waals surface area contributed by atoms with Crippen molar-refractivity contribution in [1.29, 1.82) is 0 Å². The summed E-state index contributed by atoms with van der Waals surface area (Å²) in [6, 6.07) is 0. The number of hydrogen-bond donors (Lipinski definition) is 0. The van der Waals surface area contributed by atoms with Crippen molar-refractivity contribution in [3.63, 3.8) is 0 Å². The fourth-order valence-corrected chi connectivity index (χ4v) is 2.01. The van der Waals surface area contributed by atoms with E-state index in [2.05, 4.69) is 32.2 Å². The number of carboxylic acid groups (broad SMARTS) is 1. The van der Waals surface area contributed by atoms with Crippen molar-refractivity contribution in [1.82, 2.24) is 0 Å². The van der Waals surface area contributed by atoms with Crippen LogP contribution in [0.5, 0.6) is 0 Å². The van der Waals surface area contributed by atoms with Crippen LogP contribution in [-0.4, -0.2) is 38.4 Å². The second-order valence-corrected chi connectivity index (χ2v) is 8.16. The largest absolute Gasteiger partial charge is 0.553 e. The van der Waals surface area contributed by atoms with Gasteiger partial charge in [0.1, 0.15) is 0 Å². The van der Waals surface area contributed by atoms with Crippen LogP contribution in [0, 0.1) is 0 Å². The fourth-order valence-electron chi connectivity index (χ4n) is 0.671. The van der Waals surface area contributed by atoms with Gasteiger partial charge in [-0.15, -0.1) is 0 Å². The van der Waals surface area contributed by atoms with Gasteiger partial charge in [-0.25, -0.2) is 0 Å². The Bertz CT molecular complexity index is 125. The Morgan fingerprint density at radius 3 is 1.46 bits per heavy atom. The minimum Gasteiger partial charge on any atom is -0.553 e. The predicted octanol–water partition coefficient (Wildman–Crippen LogP) is 1.67. The van der Waals surface area contributed by atoms with Gasteiger partial charge in [0.25, 0.3) is 6.16 Å². The number of rotatable bonds is 3. The van der Waals surface area contributed by atoms with Crippen molar-refractivity contribution in [2.24, 2.45) is 0 Å². The zero-order valence-electron chi connectivity index (χ0n) is 9.29. The first-order chi connectivity index (χ1) is 5.95. The lowest BCUT2D eigenvalue weighted by molar-refractivity contribution is -0.279. The zero-order valence-corrected chi connectivity index (χ0v) is 10.2. The number of carbonyl (C=O) groups is 1. The normalized spacial score (nSPS) is 9.92. The maximum absolute atomic E-state index is 9.03. The maximum Gasteiger partial charge on any atom is 0.251 e. The Kier molecular flexibility index (Phi) is 9.70. The molecule has 0 aliphatic rings. The molecule has 0 aromatic rings. The van der Waals surface area contributed by atoms with Crippen LogP contribution in [0.2, 0.25) is 0 Å². The van der Waals surface area contributed by atoms with Crippen molar-refractivity contribution >= 4 is 13.4 Å². The Balaban J connectivity index is 0. The van der Waals surface area contributed by atoms with Crippen LogP contribution in [0.1, 0.15) is 20.8 Å². The van der Waals surface area contributed by atoms with Gasteiger partial charge in [-0.3, -0.25) is 0 Å². The van der Waals surface area contributed by atoms with Gasteiger partial charge >= 0.3 is 0 Å². The second kappa shape index (κ2) is 8.31. The molecule has 0 amide bonds. The third-order valence-corrected chi connectivity index (χ3v) is 7.04. The summed E-state index contributed by atoms with van der Waals surface area (Å²) >= 11 is 0. The summed E-state index contributed by atoms with van der Waals surface area (Å²) in [6.45, 7) is 9.43. The van der Waals surface area contributed by atoms with Crippen LogP contribution in [-0.2, 0) is 4.74 Å². The molecule has 0 N–H and O–H groups in total. The van der Waals surface area contributed by atoms with E-state index in [-0.39, 0.29) is 0 Å². The third-order valence-electron chi connectivity index (χ3n) is 2.46. The minimum atomic E-state index is -1.50. The molecule has 0 aliphatic heterocycles. The summed E-state index contributed by atoms with van der Waals surface area (Å²) in [7, 11) is 0.625. The quantitative estimate of drug-likeness (QED) is 0.523. The van der Waals surface area contributed by atoms with E-state index in [9.17, 15) is 0 Å². The average molecular weight is 208 g/mol. The SMILES string of the molecule is CC[P+](C)(CC)CC.COC(=O)[O-]. The molecule has 0 saturated heterocycles. The molecule has 80 valence electrons. The molecule has 0 fully saturated rings. The van der Waals surface area contributed by atoms with Crippen LogP contribution in [0.4, 0.5) is 4.79 Å². The summed E-state index contributed by atoms with van der Waals surface area (Å²) in [5.74, 6) is 0. The molecule has 0 aliphatic carbocycles. The first-order valence-corrected chi connectivity index (χ1v) is 7.33. The van der Waals surface area contributed by atoms with Gasteiger partial charge in [0, 0.05) is 21.0 Å². The van der Waals surface area contributed by atoms with Gasteiger partial charge in [-0.1, -0.05) is 0 Å². The topological polar surface area (TPSA) is 49.4 Å². The van der Waals surface area contributed by atoms with Crippen molar-refractivity contribution < 1.29 is 14.6 Å². The minimum absolute atomic E-state index is 0.412. The number of ether oxygens (including phenoxy) is 1. The highest BCUT2D eigenvalue weighted by molar-refractivity contribution is 7.75. The smallest absolute Gasteiger partial charge is 0.251 e. The standard InChI is InChI=1S/C7H18P.C2H4O3/c1-5-8(4,6-2)7-3;1-5-2(3)4/h5-7H2,1-4H3;1H3,(H,3,4)/q+1;/p-1. The molecule has 13 heavy (non-hydrogen) atoms. The third kappa shape index (κ3) is 9.62. The first-order valence-electron chi connectivity index (χ1n) is 4.54. The maximum atomic E-state index is 9.03. The van der Waals surface area contributed by atoms with Crippen LogP contribution in [0.25, 0.3) is 0 Å². The summed E-state index contributed by atoms with van der Waals surface area (Å²) in [5.41, 5.74) is 0. The van der Waals surface area contributed by atoms with E-state index in [0.717, 1.165) is 7.11 Å². The van der Waals surface area contributed by atoms with Gasteiger partial charge in [-0.05, 0) is 20.8 Å². The molecule has 0 spiro atoms. The molecule has 0 radical (unpaired) electrons. The molecule has 3 nitrogen and oxygen atoms in total. The molecule has 0 heterocycles. The van der Waals surface area contributed by atoms with Crippen molar-refractivity contribution in [3.05, 3.63) is 0 Å². The molecule has 4 heteroatoms. The van der Waals surface area contributed by atoms with Crippen molar-refractivity contribution in [3.8, 4) is 0 Å². The Morgan fingerprint density at radius 2 is 1.46 bits per heavy atom. The van der Waals surface area contributed by atoms with Gasteiger partial charge in [0.15, 0.2) is 0 Å². The lowest BCUT2D eigenvalue weighted by Crippen LogP contribution is -2.21. The van der Waals surface area contributed by atoms with Crippen LogP contribution < -0.4 is 5.11 Å². The fraction of sp³-hybridized carbons (Fsp3) is 0.889. The first kappa shape index (κ1) is 15.2. The highest BCUT2D eigenvalue weighted by Crippen LogP contribution is 2.53. The van der Waals surface area contributed by atoms with Crippen molar-refractivity contribution in [2.75, 3.05) is 32.3 Å². The van der Waals surface area contributed by atoms with E-state index in [0.29, 0.717) is 0 Å². The Hall–Kier alpha value is -0.300. The summed E-state index contributed by atoms with van der Waals surface area (Å²) in [6.07, 6.45) is 2.80. The average Bonchev–Trinajstić information content (AvgIpc) is 2.17. The van der Waals surface area contributed by atoms with E-state index in [1.807, 2.05) is 0 Å². The van der Waals surface area contributed by atoms with E-state index < -0.39 is 13.4 Å². The van der Waals surface area contributed by atoms with E-state index >= 15 is 0 Å². The lowest BCUT2D eigenvalue weighted by atomic mass is 10.9. The van der Waals surface area contributed by atoms with E-state index in [4.69, 9.17) is 9.90 Å². The van der Waals surface area contributed by atoms with Crippen molar-refractivity contribution in [2.45, 2.75) is 20.8 Å². The molecule has 0 bridgehead atoms. The lowest BCUT2D eigenvalue weighted by Gasteiger charge is -2.16. The predicted molar refractivity (Wildman–Crippen MR) is 56.9 cm³/mol.